The molecule has 0 amide bonds. The number of hydrogen-bond acceptors (Lipinski definition) is 3. The van der Waals surface area contributed by atoms with Crippen molar-refractivity contribution >= 4 is 5.69 Å². The van der Waals surface area contributed by atoms with Gasteiger partial charge >= 0.3 is 0 Å². The van der Waals surface area contributed by atoms with Crippen molar-refractivity contribution in [3.05, 3.63) is 29.8 Å². The third kappa shape index (κ3) is 3.95. The molecule has 0 aromatic heterocycles. The lowest BCUT2D eigenvalue weighted by Gasteiger charge is -2.23. The summed E-state index contributed by atoms with van der Waals surface area (Å²) in [4.78, 5) is 4.72. The van der Waals surface area contributed by atoms with Crippen molar-refractivity contribution in [1.82, 2.24) is 10.2 Å². The van der Waals surface area contributed by atoms with Gasteiger partial charge in [0.05, 0.1) is 0 Å². The van der Waals surface area contributed by atoms with Gasteiger partial charge < -0.3 is 10.2 Å². The third-order valence-corrected chi connectivity index (χ3v) is 4.07. The van der Waals surface area contributed by atoms with Gasteiger partial charge in [0.25, 0.3) is 0 Å². The van der Waals surface area contributed by atoms with Crippen molar-refractivity contribution in [2.75, 3.05) is 38.6 Å². The molecule has 0 bridgehead atoms. The van der Waals surface area contributed by atoms with E-state index in [0.29, 0.717) is 0 Å². The Morgan fingerprint density at radius 2 is 2.00 bits per heavy atom. The van der Waals surface area contributed by atoms with Crippen LogP contribution in [0.3, 0.4) is 0 Å². The zero-order chi connectivity index (χ0) is 13.7. The van der Waals surface area contributed by atoms with Crippen LogP contribution in [0.15, 0.2) is 24.3 Å². The molecule has 1 saturated heterocycles. The Hall–Kier alpha value is -1.06. The second kappa shape index (κ2) is 6.92. The molecule has 1 atom stereocenters. The molecule has 2 rings (SSSR count). The first kappa shape index (κ1) is 14.4. The van der Waals surface area contributed by atoms with E-state index in [1.807, 2.05) is 0 Å². The first-order valence-corrected chi connectivity index (χ1v) is 7.41. The highest BCUT2D eigenvalue weighted by molar-refractivity contribution is 5.45. The van der Waals surface area contributed by atoms with Crippen LogP contribution in [0, 0.1) is 0 Å². The number of rotatable bonds is 6. The fourth-order valence-electron chi connectivity index (χ4n) is 2.84. The summed E-state index contributed by atoms with van der Waals surface area (Å²) in [7, 11) is 4.15. The normalized spacial score (nSPS) is 19.8. The Morgan fingerprint density at radius 1 is 1.26 bits per heavy atom. The second-order valence-electron chi connectivity index (χ2n) is 5.62. The van der Waals surface area contributed by atoms with Crippen LogP contribution in [-0.2, 0) is 6.54 Å². The van der Waals surface area contributed by atoms with Crippen molar-refractivity contribution in [2.24, 2.45) is 0 Å². The van der Waals surface area contributed by atoms with Crippen LogP contribution in [0.1, 0.15) is 25.3 Å². The lowest BCUT2D eigenvalue weighted by atomic mass is 10.2. The van der Waals surface area contributed by atoms with Crippen molar-refractivity contribution in [3.63, 3.8) is 0 Å². The van der Waals surface area contributed by atoms with Gasteiger partial charge in [-0.15, -0.1) is 0 Å². The minimum absolute atomic E-state index is 0.742. The van der Waals surface area contributed by atoms with E-state index in [-0.39, 0.29) is 0 Å². The molecular formula is C16H27N3. The average molecular weight is 261 g/mol. The lowest BCUT2D eigenvalue weighted by molar-refractivity contribution is 0.260. The fraction of sp³-hybridized carbons (Fsp3) is 0.625. The first-order chi connectivity index (χ1) is 9.20. The van der Waals surface area contributed by atoms with Crippen LogP contribution in [0.4, 0.5) is 5.69 Å². The maximum atomic E-state index is 3.60. The zero-order valence-electron chi connectivity index (χ0n) is 12.5. The lowest BCUT2D eigenvalue weighted by Crippen LogP contribution is -2.37. The van der Waals surface area contributed by atoms with Crippen LogP contribution >= 0.6 is 0 Å². The number of benzene rings is 1. The van der Waals surface area contributed by atoms with Gasteiger partial charge in [0.1, 0.15) is 0 Å². The number of hydrogen-bond donors (Lipinski definition) is 1. The number of likely N-dealkylation sites (tertiary alicyclic amines) is 1. The van der Waals surface area contributed by atoms with E-state index in [9.17, 15) is 0 Å². The highest BCUT2D eigenvalue weighted by atomic mass is 15.2. The Balaban J connectivity index is 1.76. The number of nitrogens with zero attached hydrogens (tertiary/aromatic N) is 2. The van der Waals surface area contributed by atoms with Crippen LogP contribution < -0.4 is 10.2 Å². The summed E-state index contributed by atoms with van der Waals surface area (Å²) in [5, 5.41) is 3.60. The van der Waals surface area contributed by atoms with E-state index in [1.54, 1.807) is 0 Å². The minimum Gasteiger partial charge on any atom is -0.378 e. The van der Waals surface area contributed by atoms with Crippen molar-refractivity contribution in [2.45, 2.75) is 32.4 Å². The summed E-state index contributed by atoms with van der Waals surface area (Å²) in [5.41, 5.74) is 2.63. The van der Waals surface area contributed by atoms with E-state index >= 15 is 0 Å². The third-order valence-electron chi connectivity index (χ3n) is 4.07. The Bertz CT molecular complexity index is 372. The molecule has 0 saturated carbocycles. The average Bonchev–Trinajstić information content (AvgIpc) is 2.87. The molecule has 0 aliphatic carbocycles. The van der Waals surface area contributed by atoms with Crippen molar-refractivity contribution in [1.29, 1.82) is 0 Å². The fourth-order valence-corrected chi connectivity index (χ4v) is 2.84. The smallest absolute Gasteiger partial charge is 0.0361 e. The first-order valence-electron chi connectivity index (χ1n) is 7.41. The summed E-state index contributed by atoms with van der Waals surface area (Å²) < 4.78 is 0. The Morgan fingerprint density at radius 3 is 2.63 bits per heavy atom. The topological polar surface area (TPSA) is 18.5 Å². The minimum atomic E-state index is 0.742. The predicted octanol–water partition coefficient (Wildman–Crippen LogP) is 2.33. The molecule has 1 aromatic carbocycles. The molecule has 0 radical (unpaired) electrons. The molecule has 106 valence electrons. The monoisotopic (exact) mass is 261 g/mol. The summed E-state index contributed by atoms with van der Waals surface area (Å²) in [5.74, 6) is 0. The van der Waals surface area contributed by atoms with Crippen LogP contribution in [0.5, 0.6) is 0 Å². The van der Waals surface area contributed by atoms with Gasteiger partial charge in [0.2, 0.25) is 0 Å². The molecule has 1 aromatic rings. The molecule has 3 nitrogen and oxygen atoms in total. The zero-order valence-corrected chi connectivity index (χ0v) is 12.5. The Kier molecular flexibility index (Phi) is 5.23. The van der Waals surface area contributed by atoms with Gasteiger partial charge in [-0.3, -0.25) is 4.90 Å². The maximum absolute atomic E-state index is 3.60. The molecule has 1 N–H and O–H groups in total. The summed E-state index contributed by atoms with van der Waals surface area (Å²) in [6.07, 6.45) is 2.71. The highest BCUT2D eigenvalue weighted by Crippen LogP contribution is 2.16. The molecule has 0 unspecified atom stereocenters. The SMILES string of the molecule is CCN1CCC[C@@H]1CNCc1ccc(N(C)C)cc1. The molecule has 1 aliphatic rings. The van der Waals surface area contributed by atoms with Gasteiger partial charge in [-0.2, -0.15) is 0 Å². The van der Waals surface area contributed by atoms with E-state index in [4.69, 9.17) is 0 Å². The van der Waals surface area contributed by atoms with Gasteiger partial charge in [-0.1, -0.05) is 19.1 Å². The quantitative estimate of drug-likeness (QED) is 0.848. The molecule has 19 heavy (non-hydrogen) atoms. The standard InChI is InChI=1S/C16H27N3/c1-4-19-11-5-6-16(19)13-17-12-14-7-9-15(10-8-14)18(2)3/h7-10,16-17H,4-6,11-13H2,1-3H3/t16-/m1/s1. The van der Waals surface area contributed by atoms with Crippen molar-refractivity contribution < 1.29 is 0 Å². The largest absolute Gasteiger partial charge is 0.378 e. The van der Waals surface area contributed by atoms with Crippen LogP contribution in [0.2, 0.25) is 0 Å². The summed E-state index contributed by atoms with van der Waals surface area (Å²) >= 11 is 0. The molecular weight excluding hydrogens is 234 g/mol. The van der Waals surface area contributed by atoms with E-state index < -0.39 is 0 Å². The van der Waals surface area contributed by atoms with Gasteiger partial charge in [-0.25, -0.2) is 0 Å². The van der Waals surface area contributed by atoms with Crippen LogP contribution in [0.25, 0.3) is 0 Å². The van der Waals surface area contributed by atoms with E-state index in [2.05, 4.69) is 60.4 Å². The number of nitrogens with one attached hydrogen (secondary N) is 1. The number of likely N-dealkylation sites (N-methyl/N-ethyl adjacent to an activating group) is 1. The van der Waals surface area contributed by atoms with Gasteiger partial charge in [-0.05, 0) is 43.6 Å². The van der Waals surface area contributed by atoms with Crippen LogP contribution in [-0.4, -0.2) is 44.7 Å². The molecule has 1 heterocycles. The Labute approximate surface area is 117 Å². The van der Waals surface area contributed by atoms with Gasteiger partial charge in [0, 0.05) is 38.9 Å². The number of anilines is 1. The maximum Gasteiger partial charge on any atom is 0.0361 e. The summed E-state index contributed by atoms with van der Waals surface area (Å²) in [6, 6.07) is 9.55. The van der Waals surface area contributed by atoms with Crippen molar-refractivity contribution in [3.8, 4) is 0 Å². The van der Waals surface area contributed by atoms with E-state index in [0.717, 1.165) is 19.1 Å². The van der Waals surface area contributed by atoms with E-state index in [1.165, 1.54) is 37.2 Å². The summed E-state index contributed by atoms with van der Waals surface area (Å²) in [6.45, 7) is 6.81. The molecule has 1 aliphatic heterocycles. The molecule has 3 heteroatoms. The van der Waals surface area contributed by atoms with Gasteiger partial charge in [0.15, 0.2) is 0 Å². The molecule has 0 spiro atoms. The second-order valence-corrected chi connectivity index (χ2v) is 5.62. The highest BCUT2D eigenvalue weighted by Gasteiger charge is 2.21. The molecule has 1 fully saturated rings. The predicted molar refractivity (Wildman–Crippen MR) is 82.7 cm³/mol.